The van der Waals surface area contributed by atoms with E-state index < -0.39 is 0 Å². The number of nitrogens with zero attached hydrogens (tertiary/aromatic N) is 5. The summed E-state index contributed by atoms with van der Waals surface area (Å²) in [6.07, 6.45) is 1.73. The molecule has 0 atom stereocenters. The van der Waals surface area contributed by atoms with Gasteiger partial charge in [0.15, 0.2) is 5.82 Å². The van der Waals surface area contributed by atoms with Crippen molar-refractivity contribution < 1.29 is 4.39 Å². The largest absolute Gasteiger partial charge is 0.250 e. The molecule has 2 aromatic carbocycles. The molecule has 0 aliphatic heterocycles. The second kappa shape index (κ2) is 7.56. The molecule has 0 fully saturated rings. The Kier molecular flexibility index (Phi) is 4.94. The normalized spacial score (nSPS) is 11.4. The fraction of sp³-hybridized carbons (Fsp3) is 0.143. The summed E-state index contributed by atoms with van der Waals surface area (Å²) in [7, 11) is 0. The van der Waals surface area contributed by atoms with Crippen LogP contribution in [0.25, 0.3) is 17.1 Å². The molecule has 29 heavy (non-hydrogen) atoms. The van der Waals surface area contributed by atoms with Crippen molar-refractivity contribution in [1.29, 1.82) is 0 Å². The molecular formula is C21H19FN6S. The Morgan fingerprint density at radius 2 is 1.79 bits per heavy atom. The summed E-state index contributed by atoms with van der Waals surface area (Å²) in [6, 6.07) is 14.1. The first-order chi connectivity index (χ1) is 14.0. The Bertz CT molecular complexity index is 1260. The molecule has 2 aromatic heterocycles. The summed E-state index contributed by atoms with van der Waals surface area (Å²) in [5.41, 5.74) is 5.38. The third-order valence-corrected chi connectivity index (χ3v) is 5.02. The number of H-pyrrole nitrogens is 1. The van der Waals surface area contributed by atoms with Crippen LogP contribution >= 0.6 is 12.2 Å². The number of hydrogen-bond donors (Lipinski definition) is 1. The average molecular weight is 406 g/mol. The molecule has 8 heteroatoms. The van der Waals surface area contributed by atoms with Crippen molar-refractivity contribution in [2.45, 2.75) is 20.8 Å². The Morgan fingerprint density at radius 3 is 2.52 bits per heavy atom. The van der Waals surface area contributed by atoms with Gasteiger partial charge in [-0.1, -0.05) is 24.3 Å². The topological polar surface area (TPSA) is 63.8 Å². The van der Waals surface area contributed by atoms with E-state index in [1.165, 1.54) is 12.1 Å². The lowest BCUT2D eigenvalue weighted by Gasteiger charge is -2.05. The van der Waals surface area contributed by atoms with Gasteiger partial charge in [0.05, 0.1) is 23.3 Å². The quantitative estimate of drug-likeness (QED) is 0.393. The number of nitrogens with one attached hydrogen (secondary N) is 1. The SMILES string of the molecule is Cc1ccccc1-c1n[nH]c(=S)n1/N=C\c1c(C)nn(-c2ccc(F)cc2)c1C. The third-order valence-electron chi connectivity index (χ3n) is 4.76. The van der Waals surface area contributed by atoms with Crippen molar-refractivity contribution in [3.05, 3.63) is 81.6 Å². The van der Waals surface area contributed by atoms with E-state index >= 15 is 0 Å². The van der Waals surface area contributed by atoms with Gasteiger partial charge in [-0.2, -0.15) is 20.0 Å². The van der Waals surface area contributed by atoms with Crippen molar-refractivity contribution in [3.63, 3.8) is 0 Å². The van der Waals surface area contributed by atoms with Gasteiger partial charge in [-0.05, 0) is 62.8 Å². The van der Waals surface area contributed by atoms with E-state index in [-0.39, 0.29) is 5.82 Å². The molecule has 0 aliphatic rings. The van der Waals surface area contributed by atoms with Crippen molar-refractivity contribution in [2.24, 2.45) is 5.10 Å². The van der Waals surface area contributed by atoms with Gasteiger partial charge in [-0.15, -0.1) is 0 Å². The van der Waals surface area contributed by atoms with Gasteiger partial charge in [0.1, 0.15) is 5.82 Å². The Labute approximate surface area is 172 Å². The number of aromatic nitrogens is 5. The smallest absolute Gasteiger partial charge is 0.216 e. The molecule has 4 aromatic rings. The summed E-state index contributed by atoms with van der Waals surface area (Å²) in [5, 5.41) is 16.3. The van der Waals surface area contributed by atoms with Crippen LogP contribution in [0.2, 0.25) is 0 Å². The van der Waals surface area contributed by atoms with E-state index in [0.29, 0.717) is 10.6 Å². The summed E-state index contributed by atoms with van der Waals surface area (Å²) in [6.45, 7) is 5.87. The first kappa shape index (κ1) is 18.9. The lowest BCUT2D eigenvalue weighted by atomic mass is 10.1. The van der Waals surface area contributed by atoms with Crippen molar-refractivity contribution in [1.82, 2.24) is 24.7 Å². The number of aromatic amines is 1. The van der Waals surface area contributed by atoms with Crippen LogP contribution in [0.4, 0.5) is 4.39 Å². The van der Waals surface area contributed by atoms with Crippen molar-refractivity contribution >= 4 is 18.4 Å². The summed E-state index contributed by atoms with van der Waals surface area (Å²) in [4.78, 5) is 0. The number of rotatable bonds is 4. The van der Waals surface area contributed by atoms with E-state index in [2.05, 4.69) is 20.4 Å². The molecule has 6 nitrogen and oxygen atoms in total. The zero-order valence-electron chi connectivity index (χ0n) is 16.2. The molecule has 0 bridgehead atoms. The molecule has 0 saturated heterocycles. The van der Waals surface area contributed by atoms with E-state index in [4.69, 9.17) is 12.2 Å². The van der Waals surface area contributed by atoms with Gasteiger partial charge >= 0.3 is 0 Å². The number of hydrogen-bond acceptors (Lipinski definition) is 4. The fourth-order valence-electron chi connectivity index (χ4n) is 3.19. The van der Waals surface area contributed by atoms with E-state index in [1.54, 1.807) is 27.7 Å². The van der Waals surface area contributed by atoms with Crippen molar-refractivity contribution in [3.8, 4) is 17.1 Å². The van der Waals surface area contributed by atoms with Crippen LogP contribution in [0.1, 0.15) is 22.5 Å². The Morgan fingerprint density at radius 1 is 1.07 bits per heavy atom. The Balaban J connectivity index is 1.75. The first-order valence-corrected chi connectivity index (χ1v) is 9.46. The van der Waals surface area contributed by atoms with Crippen LogP contribution < -0.4 is 0 Å². The summed E-state index contributed by atoms with van der Waals surface area (Å²) < 4.78 is 17.0. The van der Waals surface area contributed by atoms with Gasteiger partial charge < -0.3 is 0 Å². The molecule has 0 amide bonds. The molecule has 4 rings (SSSR count). The summed E-state index contributed by atoms with van der Waals surface area (Å²) >= 11 is 5.37. The molecule has 146 valence electrons. The lowest BCUT2D eigenvalue weighted by molar-refractivity contribution is 0.627. The minimum atomic E-state index is -0.282. The number of halogens is 1. The maximum Gasteiger partial charge on any atom is 0.216 e. The van der Waals surface area contributed by atoms with Gasteiger partial charge in [0.25, 0.3) is 0 Å². The predicted molar refractivity (Wildman–Crippen MR) is 114 cm³/mol. The molecule has 0 saturated carbocycles. The van der Waals surface area contributed by atoms with Crippen LogP contribution in [0.15, 0.2) is 53.6 Å². The highest BCUT2D eigenvalue weighted by Gasteiger charge is 2.13. The molecule has 0 aliphatic carbocycles. The second-order valence-corrected chi connectivity index (χ2v) is 7.08. The van der Waals surface area contributed by atoms with Crippen LogP contribution in [0.3, 0.4) is 0 Å². The second-order valence-electron chi connectivity index (χ2n) is 6.70. The van der Waals surface area contributed by atoms with E-state index in [1.807, 2.05) is 45.0 Å². The maximum absolute atomic E-state index is 13.2. The highest BCUT2D eigenvalue weighted by Crippen LogP contribution is 2.22. The van der Waals surface area contributed by atoms with Gasteiger partial charge in [-0.3, -0.25) is 0 Å². The van der Waals surface area contributed by atoms with Crippen LogP contribution in [0, 0.1) is 31.4 Å². The zero-order valence-corrected chi connectivity index (χ0v) is 17.0. The van der Waals surface area contributed by atoms with Crippen molar-refractivity contribution in [2.75, 3.05) is 0 Å². The fourth-order valence-corrected chi connectivity index (χ4v) is 3.37. The van der Waals surface area contributed by atoms with Crippen LogP contribution in [-0.4, -0.2) is 30.9 Å². The first-order valence-electron chi connectivity index (χ1n) is 9.05. The number of benzene rings is 2. The van der Waals surface area contributed by atoms with E-state index in [0.717, 1.165) is 33.8 Å². The Hall–Kier alpha value is -3.39. The van der Waals surface area contributed by atoms with Gasteiger partial charge in [0, 0.05) is 11.1 Å². The molecule has 2 heterocycles. The molecular weight excluding hydrogens is 387 g/mol. The molecule has 0 unspecified atom stereocenters. The van der Waals surface area contributed by atoms with E-state index in [9.17, 15) is 4.39 Å². The van der Waals surface area contributed by atoms with Gasteiger partial charge in [-0.25, -0.2) is 14.2 Å². The maximum atomic E-state index is 13.2. The minimum Gasteiger partial charge on any atom is -0.250 e. The molecule has 0 radical (unpaired) electrons. The predicted octanol–water partition coefficient (Wildman–Crippen LogP) is 4.74. The zero-order chi connectivity index (χ0) is 20.5. The third kappa shape index (κ3) is 3.54. The number of aryl methyl sites for hydroxylation is 2. The highest BCUT2D eigenvalue weighted by atomic mass is 32.1. The van der Waals surface area contributed by atoms with Crippen LogP contribution in [-0.2, 0) is 0 Å². The highest BCUT2D eigenvalue weighted by molar-refractivity contribution is 7.71. The van der Waals surface area contributed by atoms with Crippen LogP contribution in [0.5, 0.6) is 0 Å². The monoisotopic (exact) mass is 406 g/mol. The van der Waals surface area contributed by atoms with Gasteiger partial charge in [0.2, 0.25) is 4.77 Å². The minimum absolute atomic E-state index is 0.282. The summed E-state index contributed by atoms with van der Waals surface area (Å²) in [5.74, 6) is 0.362. The lowest BCUT2D eigenvalue weighted by Crippen LogP contribution is -2.00. The molecule has 1 N–H and O–H groups in total. The molecule has 0 spiro atoms. The average Bonchev–Trinajstić information content (AvgIpc) is 3.20. The standard InChI is InChI=1S/C21H19FN6S/c1-13-6-4-5-7-18(13)20-24-25-21(29)28(20)23-12-19-14(2)26-27(15(19)3)17-10-8-16(22)9-11-17/h4-12H,1-3H3,(H,25,29)/b23-12-.